The van der Waals surface area contributed by atoms with Crippen molar-refractivity contribution in [1.82, 2.24) is 0 Å². The molecule has 0 bridgehead atoms. The Kier molecular flexibility index (Phi) is 7.13. The zero-order valence-electron chi connectivity index (χ0n) is 19.2. The van der Waals surface area contributed by atoms with E-state index >= 15 is 0 Å². The van der Waals surface area contributed by atoms with Crippen LogP contribution < -0.4 is 9.47 Å². The van der Waals surface area contributed by atoms with E-state index in [4.69, 9.17) is 14.2 Å². The lowest BCUT2D eigenvalue weighted by Crippen LogP contribution is -2.07. The van der Waals surface area contributed by atoms with Gasteiger partial charge in [0.05, 0.1) is 0 Å². The van der Waals surface area contributed by atoms with E-state index < -0.39 is 11.9 Å². The number of esters is 2. The third-order valence-electron chi connectivity index (χ3n) is 4.96. The highest BCUT2D eigenvalue weighted by Crippen LogP contribution is 2.36. The van der Waals surface area contributed by atoms with Crippen LogP contribution in [0.5, 0.6) is 11.5 Å². The van der Waals surface area contributed by atoms with Gasteiger partial charge in [-0.15, -0.1) is 0 Å². The van der Waals surface area contributed by atoms with Gasteiger partial charge >= 0.3 is 11.9 Å². The monoisotopic (exact) mass is 442 g/mol. The Morgan fingerprint density at radius 1 is 0.667 bits per heavy atom. The predicted octanol–water partition coefficient (Wildman–Crippen LogP) is 6.74. The minimum absolute atomic E-state index is 0.317. The van der Waals surface area contributed by atoms with Crippen molar-refractivity contribution in [2.75, 3.05) is 0 Å². The average Bonchev–Trinajstić information content (AvgIpc) is 2.79. The molecule has 0 N–H and O–H groups in total. The van der Waals surface area contributed by atoms with E-state index in [1.807, 2.05) is 48.5 Å². The summed E-state index contributed by atoms with van der Waals surface area (Å²) >= 11 is 0. The number of carbonyl (C=O) groups is 2. The smallest absolute Gasteiger partial charge is 0.338 e. The van der Waals surface area contributed by atoms with E-state index in [1.165, 1.54) is 0 Å². The van der Waals surface area contributed by atoms with Crippen molar-refractivity contribution in [1.29, 1.82) is 0 Å². The van der Waals surface area contributed by atoms with Crippen molar-refractivity contribution < 1.29 is 23.8 Å². The molecule has 33 heavy (non-hydrogen) atoms. The number of ether oxygens (including phenoxy) is 3. The Bertz CT molecular complexity index is 1280. The highest BCUT2D eigenvalue weighted by molar-refractivity contribution is 6.00. The van der Waals surface area contributed by atoms with Crippen LogP contribution in [0.4, 0.5) is 0 Å². The van der Waals surface area contributed by atoms with Crippen LogP contribution in [0.1, 0.15) is 27.7 Å². The normalized spacial score (nSPS) is 11.4. The number of allylic oxidation sites excluding steroid dienone is 2. The summed E-state index contributed by atoms with van der Waals surface area (Å²) in [5, 5.41) is 1.90. The molecule has 3 aromatic carbocycles. The van der Waals surface area contributed by atoms with Gasteiger partial charge < -0.3 is 14.2 Å². The Hall–Kier alpha value is -4.12. The first-order valence-electron chi connectivity index (χ1n) is 10.4. The van der Waals surface area contributed by atoms with Gasteiger partial charge in [0.25, 0.3) is 0 Å². The lowest BCUT2D eigenvalue weighted by molar-refractivity contribution is -0.135. The maximum absolute atomic E-state index is 11.8. The lowest BCUT2D eigenvalue weighted by atomic mass is 9.97. The van der Waals surface area contributed by atoms with E-state index in [1.54, 1.807) is 39.8 Å². The minimum Gasteiger partial charge on any atom is -0.458 e. The Balaban J connectivity index is 1.93. The van der Waals surface area contributed by atoms with Crippen LogP contribution in [0.25, 0.3) is 21.9 Å². The second kappa shape index (κ2) is 10.0. The van der Waals surface area contributed by atoms with Gasteiger partial charge in [-0.05, 0) is 62.4 Å². The first kappa shape index (κ1) is 23.5. The van der Waals surface area contributed by atoms with Gasteiger partial charge in [0.2, 0.25) is 0 Å². The standard InChI is InChI=1S/C28H26O5/c1-17(2)27(29)32-20(6)19(5)31-26-16-15-23(24-9-7-8-10-25(24)26)21-11-13-22(14-12-21)33-28(30)18(3)4/h7-16H,1,3H2,2,4-6H3/b20-19+. The minimum atomic E-state index is -0.493. The number of rotatable bonds is 7. The summed E-state index contributed by atoms with van der Waals surface area (Å²) < 4.78 is 16.6. The molecular weight excluding hydrogens is 416 g/mol. The molecule has 0 aliphatic rings. The van der Waals surface area contributed by atoms with Crippen LogP contribution in [0.3, 0.4) is 0 Å². The van der Waals surface area contributed by atoms with Gasteiger partial charge in [0, 0.05) is 16.5 Å². The summed E-state index contributed by atoms with van der Waals surface area (Å²) in [7, 11) is 0. The van der Waals surface area contributed by atoms with E-state index in [0.717, 1.165) is 21.9 Å². The van der Waals surface area contributed by atoms with Crippen LogP contribution in [0.15, 0.2) is 96.5 Å². The van der Waals surface area contributed by atoms with E-state index in [9.17, 15) is 9.59 Å². The number of fused-ring (bicyclic) bond motifs is 1. The fourth-order valence-electron chi connectivity index (χ4n) is 3.04. The number of hydrogen-bond donors (Lipinski definition) is 0. The van der Waals surface area contributed by atoms with Gasteiger partial charge in [-0.3, -0.25) is 0 Å². The fraction of sp³-hybridized carbons (Fsp3) is 0.143. The molecule has 0 aliphatic carbocycles. The second-order valence-corrected chi connectivity index (χ2v) is 7.74. The van der Waals surface area contributed by atoms with Gasteiger partial charge in [0.1, 0.15) is 23.0 Å². The summed E-state index contributed by atoms with van der Waals surface area (Å²) in [5.41, 5.74) is 2.63. The second-order valence-electron chi connectivity index (χ2n) is 7.74. The van der Waals surface area contributed by atoms with Crippen molar-refractivity contribution in [2.45, 2.75) is 27.7 Å². The molecule has 5 heteroatoms. The number of carbonyl (C=O) groups excluding carboxylic acids is 2. The SMILES string of the molecule is C=C(C)C(=O)O/C(C)=C(\C)Oc1ccc(-c2ccc(OC(=O)C(=C)C)cc2)c2ccccc12. The number of benzene rings is 3. The molecule has 168 valence electrons. The summed E-state index contributed by atoms with van der Waals surface area (Å²) in [6.07, 6.45) is 0. The van der Waals surface area contributed by atoms with Crippen molar-refractivity contribution >= 4 is 22.7 Å². The van der Waals surface area contributed by atoms with Crippen LogP contribution >= 0.6 is 0 Å². The summed E-state index contributed by atoms with van der Waals surface area (Å²) in [5.74, 6) is 0.999. The molecule has 5 nitrogen and oxygen atoms in total. The Morgan fingerprint density at radius 3 is 1.88 bits per heavy atom. The highest BCUT2D eigenvalue weighted by Gasteiger charge is 2.13. The predicted molar refractivity (Wildman–Crippen MR) is 130 cm³/mol. The molecule has 0 radical (unpaired) electrons. The third-order valence-corrected chi connectivity index (χ3v) is 4.96. The van der Waals surface area contributed by atoms with E-state index in [-0.39, 0.29) is 0 Å². The molecular formula is C28H26O5. The number of hydrogen-bond acceptors (Lipinski definition) is 5. The third kappa shape index (κ3) is 5.57. The fourth-order valence-corrected chi connectivity index (χ4v) is 3.04. The van der Waals surface area contributed by atoms with Crippen LogP contribution in [0.2, 0.25) is 0 Å². The van der Waals surface area contributed by atoms with E-state index in [2.05, 4.69) is 13.2 Å². The zero-order valence-corrected chi connectivity index (χ0v) is 19.2. The molecule has 0 atom stereocenters. The molecule has 0 saturated heterocycles. The molecule has 0 fully saturated rings. The van der Waals surface area contributed by atoms with Crippen molar-refractivity contribution in [3.05, 3.63) is 96.5 Å². The van der Waals surface area contributed by atoms with E-state index in [0.29, 0.717) is 34.2 Å². The maximum Gasteiger partial charge on any atom is 0.338 e. The molecule has 0 unspecified atom stereocenters. The topological polar surface area (TPSA) is 61.8 Å². The van der Waals surface area contributed by atoms with Gasteiger partial charge in [-0.25, -0.2) is 9.59 Å². The molecule has 0 saturated carbocycles. The van der Waals surface area contributed by atoms with Gasteiger partial charge in [-0.2, -0.15) is 0 Å². The quantitative estimate of drug-likeness (QED) is 0.176. The lowest BCUT2D eigenvalue weighted by Gasteiger charge is -2.15. The molecule has 0 amide bonds. The maximum atomic E-state index is 11.8. The molecule has 3 aromatic rings. The largest absolute Gasteiger partial charge is 0.458 e. The van der Waals surface area contributed by atoms with Crippen LogP contribution in [0, 0.1) is 0 Å². The molecule has 0 heterocycles. The summed E-state index contributed by atoms with van der Waals surface area (Å²) in [6, 6.07) is 19.0. The molecule has 0 aromatic heterocycles. The van der Waals surface area contributed by atoms with Gasteiger partial charge in [0.15, 0.2) is 0 Å². The van der Waals surface area contributed by atoms with Crippen molar-refractivity contribution in [3.8, 4) is 22.6 Å². The zero-order chi connectivity index (χ0) is 24.1. The van der Waals surface area contributed by atoms with Crippen LogP contribution in [-0.2, 0) is 14.3 Å². The first-order valence-corrected chi connectivity index (χ1v) is 10.4. The summed E-state index contributed by atoms with van der Waals surface area (Å²) in [4.78, 5) is 23.5. The van der Waals surface area contributed by atoms with Crippen molar-refractivity contribution in [3.63, 3.8) is 0 Å². The van der Waals surface area contributed by atoms with Gasteiger partial charge in [-0.1, -0.05) is 55.6 Å². The van der Waals surface area contributed by atoms with Crippen LogP contribution in [-0.4, -0.2) is 11.9 Å². The first-order chi connectivity index (χ1) is 15.7. The summed E-state index contributed by atoms with van der Waals surface area (Å²) in [6.45, 7) is 13.8. The highest BCUT2D eigenvalue weighted by atomic mass is 16.6. The Labute approximate surface area is 193 Å². The Morgan fingerprint density at radius 2 is 1.27 bits per heavy atom. The molecule has 3 rings (SSSR count). The average molecular weight is 443 g/mol. The van der Waals surface area contributed by atoms with Crippen molar-refractivity contribution in [2.24, 2.45) is 0 Å². The molecule has 0 aliphatic heterocycles. The molecule has 0 spiro atoms.